The van der Waals surface area contributed by atoms with Gasteiger partial charge in [-0.3, -0.25) is 4.98 Å². The fourth-order valence-electron chi connectivity index (χ4n) is 2.01. The number of hydrogen-bond acceptors (Lipinski definition) is 3. The summed E-state index contributed by atoms with van der Waals surface area (Å²) >= 11 is 0. The zero-order valence-corrected chi connectivity index (χ0v) is 10.2. The first-order valence-corrected chi connectivity index (χ1v) is 5.96. The number of aromatic nitrogens is 1. The number of nitrogens with zero attached hydrogens (tertiary/aromatic N) is 1. The monoisotopic (exact) mass is 238 g/mol. The number of furan rings is 1. The van der Waals surface area contributed by atoms with Crippen LogP contribution in [0.1, 0.15) is 11.5 Å². The van der Waals surface area contributed by atoms with Gasteiger partial charge in [-0.25, -0.2) is 0 Å². The molecule has 0 aliphatic heterocycles. The highest BCUT2D eigenvalue weighted by Gasteiger charge is 2.02. The molecule has 0 amide bonds. The molecule has 0 atom stereocenters. The molecule has 0 unspecified atom stereocenters. The SMILES string of the molecule is Cc1ccc(CNc2ccnc3ccccc23)o1. The van der Waals surface area contributed by atoms with Crippen molar-refractivity contribution in [1.82, 2.24) is 4.98 Å². The maximum atomic E-state index is 5.54. The zero-order chi connectivity index (χ0) is 12.4. The summed E-state index contributed by atoms with van der Waals surface area (Å²) in [6.45, 7) is 2.63. The van der Waals surface area contributed by atoms with Gasteiger partial charge in [-0.1, -0.05) is 18.2 Å². The summed E-state index contributed by atoms with van der Waals surface area (Å²) in [5.41, 5.74) is 2.08. The zero-order valence-electron chi connectivity index (χ0n) is 10.2. The van der Waals surface area contributed by atoms with Gasteiger partial charge in [-0.15, -0.1) is 0 Å². The van der Waals surface area contributed by atoms with E-state index in [1.54, 1.807) is 0 Å². The quantitative estimate of drug-likeness (QED) is 0.755. The van der Waals surface area contributed by atoms with Crippen LogP contribution in [0.25, 0.3) is 10.9 Å². The van der Waals surface area contributed by atoms with E-state index in [-0.39, 0.29) is 0 Å². The van der Waals surface area contributed by atoms with Crippen LogP contribution in [-0.2, 0) is 6.54 Å². The van der Waals surface area contributed by atoms with E-state index in [1.165, 1.54) is 0 Å². The largest absolute Gasteiger partial charge is 0.465 e. The third-order valence-corrected chi connectivity index (χ3v) is 2.90. The molecule has 0 saturated carbocycles. The van der Waals surface area contributed by atoms with Crippen LogP contribution in [0.2, 0.25) is 0 Å². The maximum absolute atomic E-state index is 5.54. The molecule has 18 heavy (non-hydrogen) atoms. The summed E-state index contributed by atoms with van der Waals surface area (Å²) in [4.78, 5) is 4.34. The highest BCUT2D eigenvalue weighted by Crippen LogP contribution is 2.21. The number of anilines is 1. The number of pyridine rings is 1. The lowest BCUT2D eigenvalue weighted by Gasteiger charge is -2.07. The van der Waals surface area contributed by atoms with Crippen LogP contribution in [0.15, 0.2) is 53.1 Å². The van der Waals surface area contributed by atoms with Crippen molar-refractivity contribution in [3.8, 4) is 0 Å². The Morgan fingerprint density at radius 3 is 2.83 bits per heavy atom. The molecule has 2 aromatic heterocycles. The summed E-state index contributed by atoms with van der Waals surface area (Å²) in [5.74, 6) is 1.87. The second-order valence-corrected chi connectivity index (χ2v) is 4.24. The van der Waals surface area contributed by atoms with Crippen molar-refractivity contribution in [3.63, 3.8) is 0 Å². The summed E-state index contributed by atoms with van der Waals surface area (Å²) in [6.07, 6.45) is 1.82. The van der Waals surface area contributed by atoms with Crippen LogP contribution in [0.3, 0.4) is 0 Å². The Labute approximate surface area is 105 Å². The number of para-hydroxylation sites is 1. The third kappa shape index (κ3) is 2.07. The smallest absolute Gasteiger partial charge is 0.123 e. The number of benzene rings is 1. The molecule has 0 bridgehead atoms. The standard InChI is InChI=1S/C15H14N2O/c1-11-6-7-12(18-11)10-17-15-8-9-16-14-5-3-2-4-13(14)15/h2-9H,10H2,1H3,(H,16,17). The highest BCUT2D eigenvalue weighted by atomic mass is 16.3. The number of aryl methyl sites for hydroxylation is 1. The van der Waals surface area contributed by atoms with E-state index in [0.717, 1.165) is 28.1 Å². The predicted molar refractivity (Wildman–Crippen MR) is 72.5 cm³/mol. The lowest BCUT2D eigenvalue weighted by molar-refractivity contribution is 0.490. The topological polar surface area (TPSA) is 38.1 Å². The lowest BCUT2D eigenvalue weighted by atomic mass is 10.2. The Morgan fingerprint density at radius 2 is 2.00 bits per heavy atom. The molecule has 3 rings (SSSR count). The molecule has 0 radical (unpaired) electrons. The second kappa shape index (κ2) is 4.53. The minimum absolute atomic E-state index is 0.682. The number of nitrogens with one attached hydrogen (secondary N) is 1. The van der Waals surface area contributed by atoms with E-state index in [0.29, 0.717) is 6.54 Å². The molecule has 2 heterocycles. The molecule has 1 aromatic carbocycles. The van der Waals surface area contributed by atoms with E-state index in [2.05, 4.69) is 16.4 Å². The van der Waals surface area contributed by atoms with Gasteiger partial charge in [0.25, 0.3) is 0 Å². The first kappa shape index (κ1) is 10.8. The van der Waals surface area contributed by atoms with Crippen molar-refractivity contribution in [1.29, 1.82) is 0 Å². The molecule has 3 heteroatoms. The molecule has 3 aromatic rings. The summed E-state index contributed by atoms with van der Waals surface area (Å²) in [7, 11) is 0. The van der Waals surface area contributed by atoms with Crippen molar-refractivity contribution >= 4 is 16.6 Å². The van der Waals surface area contributed by atoms with E-state index < -0.39 is 0 Å². The summed E-state index contributed by atoms with van der Waals surface area (Å²) in [5, 5.41) is 4.51. The molecule has 0 aliphatic rings. The molecule has 3 nitrogen and oxygen atoms in total. The van der Waals surface area contributed by atoms with E-state index >= 15 is 0 Å². The molecule has 1 N–H and O–H groups in total. The molecule has 0 aliphatic carbocycles. The van der Waals surface area contributed by atoms with Crippen LogP contribution in [0, 0.1) is 6.92 Å². The van der Waals surface area contributed by atoms with Crippen molar-refractivity contribution in [2.45, 2.75) is 13.5 Å². The lowest BCUT2D eigenvalue weighted by Crippen LogP contribution is -1.99. The summed E-state index contributed by atoms with van der Waals surface area (Å²) < 4.78 is 5.54. The van der Waals surface area contributed by atoms with Crippen molar-refractivity contribution in [2.75, 3.05) is 5.32 Å². The van der Waals surface area contributed by atoms with Gasteiger partial charge in [0.1, 0.15) is 11.5 Å². The molecular formula is C15H14N2O. The van der Waals surface area contributed by atoms with Gasteiger partial charge in [0, 0.05) is 17.3 Å². The van der Waals surface area contributed by atoms with Crippen molar-refractivity contribution in [3.05, 3.63) is 60.2 Å². The van der Waals surface area contributed by atoms with Gasteiger partial charge < -0.3 is 9.73 Å². The maximum Gasteiger partial charge on any atom is 0.123 e. The number of fused-ring (bicyclic) bond motifs is 1. The minimum atomic E-state index is 0.682. The van der Waals surface area contributed by atoms with Gasteiger partial charge in [-0.2, -0.15) is 0 Å². The van der Waals surface area contributed by atoms with Crippen LogP contribution in [0.5, 0.6) is 0 Å². The average molecular weight is 238 g/mol. The van der Waals surface area contributed by atoms with Crippen LogP contribution in [0.4, 0.5) is 5.69 Å². The molecule has 90 valence electrons. The normalized spacial score (nSPS) is 10.7. The molecule has 0 saturated heterocycles. The number of hydrogen-bond donors (Lipinski definition) is 1. The van der Waals surface area contributed by atoms with E-state index in [1.807, 2.05) is 49.5 Å². The van der Waals surface area contributed by atoms with Crippen LogP contribution >= 0.6 is 0 Å². The Kier molecular flexibility index (Phi) is 2.73. The van der Waals surface area contributed by atoms with Crippen LogP contribution < -0.4 is 5.32 Å². The predicted octanol–water partition coefficient (Wildman–Crippen LogP) is 3.75. The van der Waals surface area contributed by atoms with Gasteiger partial charge in [0.05, 0.1) is 12.1 Å². The average Bonchev–Trinajstić information content (AvgIpc) is 2.82. The number of rotatable bonds is 3. The molecule has 0 spiro atoms. The molecular weight excluding hydrogens is 224 g/mol. The van der Waals surface area contributed by atoms with Crippen LogP contribution in [-0.4, -0.2) is 4.98 Å². The highest BCUT2D eigenvalue weighted by molar-refractivity contribution is 5.90. The van der Waals surface area contributed by atoms with Gasteiger partial charge >= 0.3 is 0 Å². The Hall–Kier alpha value is -2.29. The van der Waals surface area contributed by atoms with Crippen molar-refractivity contribution < 1.29 is 4.42 Å². The Bertz CT molecular complexity index is 668. The van der Waals surface area contributed by atoms with E-state index in [4.69, 9.17) is 4.42 Å². The molecule has 0 fully saturated rings. The first-order chi connectivity index (χ1) is 8.83. The minimum Gasteiger partial charge on any atom is -0.465 e. The second-order valence-electron chi connectivity index (χ2n) is 4.24. The third-order valence-electron chi connectivity index (χ3n) is 2.90. The Balaban J connectivity index is 1.86. The fourth-order valence-corrected chi connectivity index (χ4v) is 2.01. The van der Waals surface area contributed by atoms with Gasteiger partial charge in [0.2, 0.25) is 0 Å². The fraction of sp³-hybridized carbons (Fsp3) is 0.133. The summed E-state index contributed by atoms with van der Waals surface area (Å²) in [6, 6.07) is 14.0. The van der Waals surface area contributed by atoms with E-state index in [9.17, 15) is 0 Å². The van der Waals surface area contributed by atoms with Gasteiger partial charge in [-0.05, 0) is 31.2 Å². The van der Waals surface area contributed by atoms with Crippen molar-refractivity contribution in [2.24, 2.45) is 0 Å². The Morgan fingerprint density at radius 1 is 1.11 bits per heavy atom. The van der Waals surface area contributed by atoms with Gasteiger partial charge in [0.15, 0.2) is 0 Å². The first-order valence-electron chi connectivity index (χ1n) is 5.96.